The first-order valence-electron chi connectivity index (χ1n) is 13.8. The van der Waals surface area contributed by atoms with Crippen LogP contribution in [0.4, 0.5) is 5.69 Å². The number of carbonyl (C=O) groups is 4. The zero-order valence-corrected chi connectivity index (χ0v) is 22.6. The van der Waals surface area contributed by atoms with Gasteiger partial charge < -0.3 is 29.9 Å². The number of carbonyl (C=O) groups excluding carboxylic acids is 4. The standard InChI is InChI=1S/C28H40N4O6/c1-4-5-23(33)28(37)32-17-24(34)25-22(32)10-11-31(25)27(36)21(16-18(2)3)29-26(35)19-6-8-20(9-7-19)30-12-14-38-15-13-30/h6-9,18,21-23,25,33H,4-5,10-17H2,1-3H3,(H,29,35). The number of anilines is 1. The Balaban J connectivity index is 1.44. The molecule has 2 N–H and O–H groups in total. The Bertz CT molecular complexity index is 1020. The molecule has 38 heavy (non-hydrogen) atoms. The number of hydrogen-bond donors (Lipinski definition) is 2. The molecule has 3 saturated heterocycles. The van der Waals surface area contributed by atoms with Crippen LogP contribution in [0.1, 0.15) is 56.8 Å². The lowest BCUT2D eigenvalue weighted by atomic mass is 10.0. The number of nitrogens with zero attached hydrogens (tertiary/aromatic N) is 3. The summed E-state index contributed by atoms with van der Waals surface area (Å²) in [7, 11) is 0. The van der Waals surface area contributed by atoms with Crippen molar-refractivity contribution < 1.29 is 29.0 Å². The number of ether oxygens (including phenoxy) is 1. The summed E-state index contributed by atoms with van der Waals surface area (Å²) >= 11 is 0. The van der Waals surface area contributed by atoms with Crippen molar-refractivity contribution in [1.82, 2.24) is 15.1 Å². The predicted molar refractivity (Wildman–Crippen MR) is 142 cm³/mol. The predicted octanol–water partition coefficient (Wildman–Crippen LogP) is 1.21. The van der Waals surface area contributed by atoms with Gasteiger partial charge in [0.25, 0.3) is 11.8 Å². The quantitative estimate of drug-likeness (QED) is 0.494. The number of rotatable bonds is 9. The van der Waals surface area contributed by atoms with E-state index in [4.69, 9.17) is 4.74 Å². The van der Waals surface area contributed by atoms with Crippen LogP contribution in [0.2, 0.25) is 0 Å². The highest BCUT2D eigenvalue weighted by Crippen LogP contribution is 2.31. The maximum absolute atomic E-state index is 13.7. The third-order valence-electron chi connectivity index (χ3n) is 7.65. The van der Waals surface area contributed by atoms with Gasteiger partial charge in [-0.25, -0.2) is 0 Å². The molecule has 0 saturated carbocycles. The second kappa shape index (κ2) is 12.3. The molecule has 0 radical (unpaired) electrons. The number of Topliss-reactive ketones (excluding diaryl/α,β-unsaturated/α-hetero) is 1. The van der Waals surface area contributed by atoms with Crippen molar-refractivity contribution in [3.63, 3.8) is 0 Å². The fraction of sp³-hybridized carbons (Fsp3) is 0.643. The first-order chi connectivity index (χ1) is 18.2. The monoisotopic (exact) mass is 528 g/mol. The molecule has 4 atom stereocenters. The molecule has 0 bridgehead atoms. The second-order valence-corrected chi connectivity index (χ2v) is 10.9. The smallest absolute Gasteiger partial charge is 0.252 e. The highest BCUT2D eigenvalue weighted by atomic mass is 16.5. The van der Waals surface area contributed by atoms with Crippen molar-refractivity contribution in [3.05, 3.63) is 29.8 Å². The van der Waals surface area contributed by atoms with Gasteiger partial charge in [0.15, 0.2) is 5.78 Å². The number of likely N-dealkylation sites (tertiary alicyclic amines) is 2. The Morgan fingerprint density at radius 2 is 1.74 bits per heavy atom. The van der Waals surface area contributed by atoms with E-state index >= 15 is 0 Å². The molecule has 3 fully saturated rings. The molecule has 10 nitrogen and oxygen atoms in total. The zero-order valence-electron chi connectivity index (χ0n) is 22.6. The van der Waals surface area contributed by atoms with Gasteiger partial charge in [-0.05, 0) is 49.4 Å². The summed E-state index contributed by atoms with van der Waals surface area (Å²) in [6, 6.07) is 5.36. The summed E-state index contributed by atoms with van der Waals surface area (Å²) in [6.07, 6.45) is 0.743. The van der Waals surface area contributed by atoms with Crippen molar-refractivity contribution in [3.8, 4) is 0 Å². The number of hydrogen-bond acceptors (Lipinski definition) is 7. The van der Waals surface area contributed by atoms with Gasteiger partial charge in [-0.1, -0.05) is 27.2 Å². The zero-order chi connectivity index (χ0) is 27.4. The lowest BCUT2D eigenvalue weighted by Crippen LogP contribution is -2.53. The summed E-state index contributed by atoms with van der Waals surface area (Å²) in [6.45, 7) is 9.01. The number of aliphatic hydroxyl groups excluding tert-OH is 1. The van der Waals surface area contributed by atoms with Gasteiger partial charge in [0.2, 0.25) is 5.91 Å². The average molecular weight is 529 g/mol. The lowest BCUT2D eigenvalue weighted by Gasteiger charge is -2.30. The van der Waals surface area contributed by atoms with E-state index in [1.807, 2.05) is 32.9 Å². The molecule has 0 aromatic heterocycles. The average Bonchev–Trinajstić information content (AvgIpc) is 3.49. The first kappa shape index (κ1) is 28.0. The molecule has 10 heteroatoms. The SMILES string of the molecule is CCCC(O)C(=O)N1CC(=O)C2C1CCN2C(=O)C(CC(C)C)NC(=O)c1ccc(N2CCOCC2)cc1. The molecule has 4 unspecified atom stereocenters. The number of aliphatic hydroxyl groups is 1. The molecule has 208 valence electrons. The number of ketones is 1. The molecule has 3 aliphatic heterocycles. The van der Waals surface area contributed by atoms with Crippen molar-refractivity contribution in [1.29, 1.82) is 0 Å². The molecule has 1 aromatic rings. The van der Waals surface area contributed by atoms with E-state index in [1.54, 1.807) is 12.1 Å². The van der Waals surface area contributed by atoms with Gasteiger partial charge in [0, 0.05) is 30.9 Å². The number of morpholine rings is 1. The minimum Gasteiger partial charge on any atom is -0.383 e. The van der Waals surface area contributed by atoms with Crippen LogP contribution >= 0.6 is 0 Å². The molecule has 0 aliphatic carbocycles. The summed E-state index contributed by atoms with van der Waals surface area (Å²) in [5.74, 6) is -1.17. The summed E-state index contributed by atoms with van der Waals surface area (Å²) in [5.41, 5.74) is 1.48. The topological polar surface area (TPSA) is 119 Å². The highest BCUT2D eigenvalue weighted by molar-refractivity contribution is 6.01. The lowest BCUT2D eigenvalue weighted by molar-refractivity contribution is -0.142. The molecule has 0 spiro atoms. The first-order valence-corrected chi connectivity index (χ1v) is 13.8. The Hall–Kier alpha value is -2.98. The second-order valence-electron chi connectivity index (χ2n) is 10.9. The van der Waals surface area contributed by atoms with E-state index in [-0.39, 0.29) is 30.1 Å². The Morgan fingerprint density at radius 3 is 2.37 bits per heavy atom. The van der Waals surface area contributed by atoms with Crippen LogP contribution in [-0.2, 0) is 19.1 Å². The van der Waals surface area contributed by atoms with Crippen molar-refractivity contribution in [2.24, 2.45) is 5.92 Å². The van der Waals surface area contributed by atoms with E-state index in [9.17, 15) is 24.3 Å². The van der Waals surface area contributed by atoms with Gasteiger partial charge in [-0.2, -0.15) is 0 Å². The Labute approximate surface area is 224 Å². The Kier molecular flexibility index (Phi) is 9.04. The minimum absolute atomic E-state index is 0.102. The molecule has 3 heterocycles. The van der Waals surface area contributed by atoms with Crippen molar-refractivity contribution >= 4 is 29.2 Å². The molecule has 3 amide bonds. The Morgan fingerprint density at radius 1 is 1.05 bits per heavy atom. The molecule has 1 aromatic carbocycles. The van der Waals surface area contributed by atoms with Crippen LogP contribution in [0.5, 0.6) is 0 Å². The summed E-state index contributed by atoms with van der Waals surface area (Å²) in [4.78, 5) is 57.7. The largest absolute Gasteiger partial charge is 0.383 e. The van der Waals surface area contributed by atoms with Crippen LogP contribution in [0.25, 0.3) is 0 Å². The number of nitrogens with one attached hydrogen (secondary N) is 1. The van der Waals surface area contributed by atoms with Gasteiger partial charge in [0.05, 0.1) is 25.8 Å². The normalized spacial score (nSPS) is 23.0. The number of amides is 3. The van der Waals surface area contributed by atoms with Crippen molar-refractivity contribution in [2.45, 2.75) is 70.7 Å². The molecule has 3 aliphatic rings. The van der Waals surface area contributed by atoms with Gasteiger partial charge in [-0.15, -0.1) is 0 Å². The van der Waals surface area contributed by atoms with Gasteiger partial charge in [-0.3, -0.25) is 19.2 Å². The van der Waals surface area contributed by atoms with E-state index in [2.05, 4.69) is 10.2 Å². The fourth-order valence-corrected chi connectivity index (χ4v) is 5.73. The van der Waals surface area contributed by atoms with Gasteiger partial charge >= 0.3 is 0 Å². The van der Waals surface area contributed by atoms with Crippen LogP contribution in [0.3, 0.4) is 0 Å². The van der Waals surface area contributed by atoms with Gasteiger partial charge in [0.1, 0.15) is 18.2 Å². The fourth-order valence-electron chi connectivity index (χ4n) is 5.73. The number of benzene rings is 1. The molecular formula is C28H40N4O6. The van der Waals surface area contributed by atoms with E-state index in [1.165, 1.54) is 9.80 Å². The maximum Gasteiger partial charge on any atom is 0.252 e. The van der Waals surface area contributed by atoms with Crippen LogP contribution in [0.15, 0.2) is 24.3 Å². The van der Waals surface area contributed by atoms with E-state index in [0.717, 1.165) is 18.8 Å². The van der Waals surface area contributed by atoms with Crippen LogP contribution < -0.4 is 10.2 Å². The maximum atomic E-state index is 13.7. The van der Waals surface area contributed by atoms with Crippen LogP contribution in [0, 0.1) is 5.92 Å². The van der Waals surface area contributed by atoms with Crippen LogP contribution in [-0.4, -0.2) is 102 Å². The molecule has 4 rings (SSSR count). The third-order valence-corrected chi connectivity index (χ3v) is 7.65. The minimum atomic E-state index is -1.14. The molecular weight excluding hydrogens is 488 g/mol. The number of fused-ring (bicyclic) bond motifs is 1. The summed E-state index contributed by atoms with van der Waals surface area (Å²) in [5, 5.41) is 13.1. The highest BCUT2D eigenvalue weighted by Gasteiger charge is 2.52. The van der Waals surface area contributed by atoms with E-state index in [0.29, 0.717) is 51.0 Å². The summed E-state index contributed by atoms with van der Waals surface area (Å²) < 4.78 is 5.40. The third kappa shape index (κ3) is 6.02. The van der Waals surface area contributed by atoms with E-state index < -0.39 is 30.1 Å². The van der Waals surface area contributed by atoms with Crippen molar-refractivity contribution in [2.75, 3.05) is 44.3 Å².